The van der Waals surface area contributed by atoms with Crippen molar-refractivity contribution >= 4 is 17.6 Å². The van der Waals surface area contributed by atoms with Crippen LogP contribution in [-0.4, -0.2) is 32.1 Å². The summed E-state index contributed by atoms with van der Waals surface area (Å²) >= 11 is 0. The van der Waals surface area contributed by atoms with Gasteiger partial charge in [0.1, 0.15) is 12.3 Å². The minimum Gasteiger partial charge on any atom is -0.495 e. The van der Waals surface area contributed by atoms with Gasteiger partial charge >= 0.3 is 5.97 Å². The van der Waals surface area contributed by atoms with Crippen molar-refractivity contribution in [1.29, 1.82) is 0 Å². The van der Waals surface area contributed by atoms with Gasteiger partial charge in [0.2, 0.25) is 0 Å². The number of hydrogen-bond donors (Lipinski definition) is 2. The number of ether oxygens (including phenoxy) is 2. The van der Waals surface area contributed by atoms with Crippen molar-refractivity contribution in [3.63, 3.8) is 0 Å². The Labute approximate surface area is 111 Å². The standard InChI is InChI=1S/C13H18N2O4/c1-3-6-19-12(16)8-15-13(17)9-4-5-10(14)11(7-9)18-2/h4-5,7H,3,6,8,14H2,1-2H3,(H,15,17). The fourth-order valence-electron chi connectivity index (χ4n) is 1.37. The smallest absolute Gasteiger partial charge is 0.325 e. The number of rotatable bonds is 6. The molecule has 0 saturated carbocycles. The van der Waals surface area contributed by atoms with E-state index in [1.54, 1.807) is 12.1 Å². The number of esters is 1. The van der Waals surface area contributed by atoms with E-state index < -0.39 is 5.97 Å². The van der Waals surface area contributed by atoms with E-state index in [1.165, 1.54) is 13.2 Å². The molecule has 0 atom stereocenters. The van der Waals surface area contributed by atoms with Gasteiger partial charge in [0.15, 0.2) is 0 Å². The van der Waals surface area contributed by atoms with Crippen molar-refractivity contribution in [3.05, 3.63) is 23.8 Å². The monoisotopic (exact) mass is 266 g/mol. The zero-order chi connectivity index (χ0) is 14.3. The van der Waals surface area contributed by atoms with Crippen LogP contribution in [0.3, 0.4) is 0 Å². The highest BCUT2D eigenvalue weighted by atomic mass is 16.5. The first-order valence-corrected chi connectivity index (χ1v) is 5.95. The number of amides is 1. The van der Waals surface area contributed by atoms with Crippen molar-refractivity contribution < 1.29 is 19.1 Å². The van der Waals surface area contributed by atoms with Gasteiger partial charge < -0.3 is 20.5 Å². The van der Waals surface area contributed by atoms with Gasteiger partial charge in [-0.2, -0.15) is 0 Å². The minimum atomic E-state index is -0.461. The molecule has 0 radical (unpaired) electrons. The van der Waals surface area contributed by atoms with Gasteiger partial charge in [-0.1, -0.05) is 6.92 Å². The molecule has 3 N–H and O–H groups in total. The van der Waals surface area contributed by atoms with Crippen molar-refractivity contribution in [1.82, 2.24) is 5.32 Å². The number of benzene rings is 1. The quantitative estimate of drug-likeness (QED) is 0.591. The van der Waals surface area contributed by atoms with Crippen molar-refractivity contribution in [2.75, 3.05) is 26.0 Å². The largest absolute Gasteiger partial charge is 0.495 e. The van der Waals surface area contributed by atoms with Gasteiger partial charge in [-0.05, 0) is 24.6 Å². The first-order chi connectivity index (χ1) is 9.08. The number of carbonyl (C=O) groups excluding carboxylic acids is 2. The maximum Gasteiger partial charge on any atom is 0.325 e. The first-order valence-electron chi connectivity index (χ1n) is 5.95. The third-order valence-electron chi connectivity index (χ3n) is 2.36. The van der Waals surface area contributed by atoms with E-state index in [0.29, 0.717) is 23.6 Å². The van der Waals surface area contributed by atoms with Crippen LogP contribution in [0.4, 0.5) is 5.69 Å². The van der Waals surface area contributed by atoms with E-state index in [-0.39, 0.29) is 12.5 Å². The summed E-state index contributed by atoms with van der Waals surface area (Å²) in [7, 11) is 1.47. The Hall–Kier alpha value is -2.24. The molecule has 1 aromatic carbocycles. The van der Waals surface area contributed by atoms with Crippen LogP contribution in [0.2, 0.25) is 0 Å². The van der Waals surface area contributed by atoms with Crippen molar-refractivity contribution in [2.45, 2.75) is 13.3 Å². The third-order valence-corrected chi connectivity index (χ3v) is 2.36. The van der Waals surface area contributed by atoms with E-state index >= 15 is 0 Å². The van der Waals surface area contributed by atoms with Gasteiger partial charge in [-0.3, -0.25) is 9.59 Å². The van der Waals surface area contributed by atoms with Crippen LogP contribution in [0.5, 0.6) is 5.75 Å². The van der Waals surface area contributed by atoms with Crippen molar-refractivity contribution in [2.24, 2.45) is 0 Å². The predicted molar refractivity (Wildman–Crippen MR) is 71.0 cm³/mol. The molecular weight excluding hydrogens is 248 g/mol. The summed E-state index contributed by atoms with van der Waals surface area (Å²) < 4.78 is 9.86. The van der Waals surface area contributed by atoms with Crippen LogP contribution in [0.1, 0.15) is 23.7 Å². The highest BCUT2D eigenvalue weighted by Gasteiger charge is 2.10. The summed E-state index contributed by atoms with van der Waals surface area (Å²) in [5, 5.41) is 2.47. The van der Waals surface area contributed by atoms with E-state index in [4.69, 9.17) is 15.2 Å². The molecule has 0 spiro atoms. The van der Waals surface area contributed by atoms with E-state index in [2.05, 4.69) is 5.32 Å². The summed E-state index contributed by atoms with van der Waals surface area (Å²) in [6, 6.07) is 4.65. The Morgan fingerprint density at radius 2 is 2.11 bits per heavy atom. The molecule has 0 aliphatic rings. The normalized spacial score (nSPS) is 9.79. The van der Waals surface area contributed by atoms with Crippen molar-refractivity contribution in [3.8, 4) is 5.75 Å². The van der Waals surface area contributed by atoms with E-state index in [0.717, 1.165) is 6.42 Å². The molecule has 6 heteroatoms. The molecule has 1 rings (SSSR count). The van der Waals surface area contributed by atoms with Gasteiger partial charge in [-0.25, -0.2) is 0 Å². The molecule has 19 heavy (non-hydrogen) atoms. The van der Waals surface area contributed by atoms with Crippen LogP contribution >= 0.6 is 0 Å². The lowest BCUT2D eigenvalue weighted by molar-refractivity contribution is -0.142. The Morgan fingerprint density at radius 1 is 1.37 bits per heavy atom. The molecule has 0 bridgehead atoms. The molecule has 0 fully saturated rings. The van der Waals surface area contributed by atoms with Crippen LogP contribution in [0, 0.1) is 0 Å². The molecular formula is C13H18N2O4. The molecule has 1 amide bonds. The van der Waals surface area contributed by atoms with E-state index in [1.807, 2.05) is 6.92 Å². The number of nitrogen functional groups attached to an aromatic ring is 1. The highest BCUT2D eigenvalue weighted by molar-refractivity contribution is 5.96. The average molecular weight is 266 g/mol. The fraction of sp³-hybridized carbons (Fsp3) is 0.385. The maximum absolute atomic E-state index is 11.8. The molecule has 1 aromatic rings. The Bertz CT molecular complexity index is 460. The summed E-state index contributed by atoms with van der Waals surface area (Å²) in [5.41, 5.74) is 6.46. The Morgan fingerprint density at radius 3 is 2.74 bits per heavy atom. The van der Waals surface area contributed by atoms with E-state index in [9.17, 15) is 9.59 Å². The molecule has 0 heterocycles. The molecule has 0 unspecified atom stereocenters. The zero-order valence-corrected chi connectivity index (χ0v) is 11.1. The predicted octanol–water partition coefficient (Wildman–Crippen LogP) is 0.960. The van der Waals surface area contributed by atoms with Crippen LogP contribution < -0.4 is 15.8 Å². The minimum absolute atomic E-state index is 0.161. The molecule has 0 aromatic heterocycles. The lowest BCUT2D eigenvalue weighted by Gasteiger charge is -2.08. The maximum atomic E-state index is 11.8. The number of methoxy groups -OCH3 is 1. The lowest BCUT2D eigenvalue weighted by atomic mass is 10.2. The second-order valence-electron chi connectivity index (χ2n) is 3.86. The fourth-order valence-corrected chi connectivity index (χ4v) is 1.37. The van der Waals surface area contributed by atoms with Crippen LogP contribution in [0.15, 0.2) is 18.2 Å². The Balaban J connectivity index is 2.56. The second kappa shape index (κ2) is 7.25. The molecule has 0 aliphatic carbocycles. The topological polar surface area (TPSA) is 90.7 Å². The van der Waals surface area contributed by atoms with Gasteiger partial charge in [0.05, 0.1) is 19.4 Å². The molecule has 0 saturated heterocycles. The summed E-state index contributed by atoms with van der Waals surface area (Å²) in [6.45, 7) is 2.09. The number of nitrogens with one attached hydrogen (secondary N) is 1. The zero-order valence-electron chi connectivity index (χ0n) is 11.1. The lowest BCUT2D eigenvalue weighted by Crippen LogP contribution is -2.30. The Kier molecular flexibility index (Phi) is 5.66. The molecule has 104 valence electrons. The number of anilines is 1. The molecule has 6 nitrogen and oxygen atoms in total. The van der Waals surface area contributed by atoms with Crippen LogP contribution in [-0.2, 0) is 9.53 Å². The van der Waals surface area contributed by atoms with Gasteiger partial charge in [0, 0.05) is 5.56 Å². The van der Waals surface area contributed by atoms with Gasteiger partial charge in [0.25, 0.3) is 5.91 Å². The third kappa shape index (κ3) is 4.50. The summed E-state index contributed by atoms with van der Waals surface area (Å²) in [4.78, 5) is 23.0. The average Bonchev–Trinajstić information content (AvgIpc) is 2.42. The summed E-state index contributed by atoms with van der Waals surface area (Å²) in [5.74, 6) is -0.425. The first kappa shape index (κ1) is 14.8. The van der Waals surface area contributed by atoms with Crippen LogP contribution in [0.25, 0.3) is 0 Å². The SMILES string of the molecule is CCCOC(=O)CNC(=O)c1ccc(N)c(OC)c1. The molecule has 0 aliphatic heterocycles. The number of carbonyl (C=O) groups is 2. The number of nitrogens with two attached hydrogens (primary N) is 1. The highest BCUT2D eigenvalue weighted by Crippen LogP contribution is 2.21. The second-order valence-corrected chi connectivity index (χ2v) is 3.86. The van der Waals surface area contributed by atoms with Gasteiger partial charge in [-0.15, -0.1) is 0 Å². The summed E-state index contributed by atoms with van der Waals surface area (Å²) in [6.07, 6.45) is 0.745. The number of hydrogen-bond acceptors (Lipinski definition) is 5.